The molecule has 1 aliphatic rings. The molecule has 2 aromatic carbocycles. The van der Waals surface area contributed by atoms with Gasteiger partial charge in [0.2, 0.25) is 0 Å². The van der Waals surface area contributed by atoms with E-state index in [4.69, 9.17) is 4.84 Å². The van der Waals surface area contributed by atoms with Crippen LogP contribution in [0.15, 0.2) is 84.3 Å². The van der Waals surface area contributed by atoms with Crippen molar-refractivity contribution in [2.24, 2.45) is 0 Å². The average molecular weight is 319 g/mol. The van der Waals surface area contributed by atoms with Crippen molar-refractivity contribution in [2.75, 3.05) is 0 Å². The van der Waals surface area contributed by atoms with Crippen molar-refractivity contribution in [3.05, 3.63) is 100 Å². The third-order valence-electron chi connectivity index (χ3n) is 3.91. The predicted molar refractivity (Wildman–Crippen MR) is 94.5 cm³/mol. The first-order valence-electron chi connectivity index (χ1n) is 7.69. The van der Waals surface area contributed by atoms with Crippen molar-refractivity contribution in [2.45, 2.75) is 12.6 Å². The zero-order valence-electron chi connectivity index (χ0n) is 12.6. The Hall–Kier alpha value is -2.36. The molecule has 2 nitrogen and oxygen atoms in total. The van der Waals surface area contributed by atoms with Gasteiger partial charge in [0.15, 0.2) is 5.76 Å². The van der Waals surface area contributed by atoms with Gasteiger partial charge in [-0.25, -0.2) is 0 Å². The van der Waals surface area contributed by atoms with Crippen LogP contribution in [-0.2, 0) is 11.4 Å². The normalized spacial score (nSPS) is 17.7. The molecule has 3 heteroatoms. The molecule has 0 N–H and O–H groups in total. The van der Waals surface area contributed by atoms with E-state index < -0.39 is 0 Å². The van der Waals surface area contributed by atoms with Crippen LogP contribution in [0.1, 0.15) is 22.0 Å². The minimum Gasteiger partial charge on any atom is -0.404 e. The lowest BCUT2D eigenvalue weighted by Gasteiger charge is -2.22. The van der Waals surface area contributed by atoms with Crippen LogP contribution in [0.5, 0.6) is 0 Å². The maximum absolute atomic E-state index is 6.19. The molecule has 114 valence electrons. The van der Waals surface area contributed by atoms with Crippen molar-refractivity contribution in [3.63, 3.8) is 0 Å². The maximum atomic E-state index is 6.19. The van der Waals surface area contributed by atoms with Gasteiger partial charge in [-0.2, -0.15) is 0 Å². The fourth-order valence-electron chi connectivity index (χ4n) is 2.77. The quantitative estimate of drug-likeness (QED) is 0.649. The van der Waals surface area contributed by atoms with Crippen LogP contribution in [0, 0.1) is 0 Å². The highest BCUT2D eigenvalue weighted by atomic mass is 32.1. The molecule has 0 aliphatic carbocycles. The van der Waals surface area contributed by atoms with E-state index in [2.05, 4.69) is 65.1 Å². The number of hydrogen-bond acceptors (Lipinski definition) is 3. The first kappa shape index (κ1) is 14.2. The Labute approximate surface area is 140 Å². The third-order valence-corrected chi connectivity index (χ3v) is 4.85. The van der Waals surface area contributed by atoms with Gasteiger partial charge < -0.3 is 4.84 Å². The summed E-state index contributed by atoms with van der Waals surface area (Å²) in [5.41, 5.74) is 2.36. The summed E-state index contributed by atoms with van der Waals surface area (Å²) in [5.74, 6) is 0.930. The molecule has 0 bridgehead atoms. The molecule has 0 saturated carbocycles. The molecule has 1 aromatic heterocycles. The molecular weight excluding hydrogens is 302 g/mol. The van der Waals surface area contributed by atoms with Crippen LogP contribution in [0.2, 0.25) is 0 Å². The number of hydroxylamine groups is 2. The molecule has 23 heavy (non-hydrogen) atoms. The number of hydrogen-bond donors (Lipinski definition) is 0. The monoisotopic (exact) mass is 319 g/mol. The fourth-order valence-corrected chi connectivity index (χ4v) is 3.57. The third kappa shape index (κ3) is 3.07. The Morgan fingerprint density at radius 1 is 0.870 bits per heavy atom. The van der Waals surface area contributed by atoms with Crippen molar-refractivity contribution in [1.82, 2.24) is 5.06 Å². The van der Waals surface area contributed by atoms with Crippen molar-refractivity contribution in [1.29, 1.82) is 0 Å². The van der Waals surface area contributed by atoms with Gasteiger partial charge in [-0.3, -0.25) is 0 Å². The van der Waals surface area contributed by atoms with Crippen LogP contribution >= 0.6 is 11.3 Å². The minimum atomic E-state index is 0.158. The molecule has 2 heterocycles. The van der Waals surface area contributed by atoms with Crippen LogP contribution in [0.4, 0.5) is 0 Å². The summed E-state index contributed by atoms with van der Waals surface area (Å²) in [7, 11) is 0. The number of nitrogens with zero attached hydrogens (tertiary/aromatic N) is 1. The maximum Gasteiger partial charge on any atom is 0.152 e. The summed E-state index contributed by atoms with van der Waals surface area (Å²) in [6.07, 6.45) is 2.21. The van der Waals surface area contributed by atoms with Gasteiger partial charge in [-0.05, 0) is 23.1 Å². The molecule has 0 fully saturated rings. The first-order chi connectivity index (χ1) is 11.4. The molecule has 1 atom stereocenters. The molecule has 1 aliphatic heterocycles. The van der Waals surface area contributed by atoms with Crippen molar-refractivity contribution < 1.29 is 4.84 Å². The van der Waals surface area contributed by atoms with E-state index in [0.29, 0.717) is 0 Å². The molecule has 0 amide bonds. The Morgan fingerprint density at radius 2 is 1.61 bits per heavy atom. The van der Waals surface area contributed by atoms with Gasteiger partial charge in [0.05, 0.1) is 6.54 Å². The summed E-state index contributed by atoms with van der Waals surface area (Å²) >= 11 is 1.77. The topological polar surface area (TPSA) is 12.5 Å². The van der Waals surface area contributed by atoms with Crippen LogP contribution in [0.25, 0.3) is 5.76 Å². The first-order valence-corrected chi connectivity index (χ1v) is 8.57. The summed E-state index contributed by atoms with van der Waals surface area (Å²) < 4.78 is 0. The molecule has 1 unspecified atom stereocenters. The second kappa shape index (κ2) is 6.41. The summed E-state index contributed by atoms with van der Waals surface area (Å²) in [4.78, 5) is 7.49. The molecule has 4 rings (SSSR count). The van der Waals surface area contributed by atoms with E-state index in [1.807, 2.05) is 24.3 Å². The van der Waals surface area contributed by atoms with Crippen LogP contribution in [0.3, 0.4) is 0 Å². The number of rotatable bonds is 4. The van der Waals surface area contributed by atoms with Crippen molar-refractivity contribution in [3.8, 4) is 0 Å². The van der Waals surface area contributed by atoms with E-state index in [0.717, 1.165) is 17.9 Å². The fraction of sp³-hybridized carbons (Fsp3) is 0.100. The highest BCUT2D eigenvalue weighted by Crippen LogP contribution is 2.38. The number of benzene rings is 2. The summed E-state index contributed by atoms with van der Waals surface area (Å²) in [6.45, 7) is 0.760. The van der Waals surface area contributed by atoms with E-state index in [-0.39, 0.29) is 6.04 Å². The highest BCUT2D eigenvalue weighted by molar-refractivity contribution is 7.10. The second-order valence-corrected chi connectivity index (χ2v) is 6.49. The zero-order valence-corrected chi connectivity index (χ0v) is 13.4. The van der Waals surface area contributed by atoms with E-state index >= 15 is 0 Å². The van der Waals surface area contributed by atoms with Gasteiger partial charge in [0.25, 0.3) is 0 Å². The van der Waals surface area contributed by atoms with Crippen LogP contribution < -0.4 is 0 Å². The Kier molecular flexibility index (Phi) is 3.97. The summed E-state index contributed by atoms with van der Waals surface area (Å²) in [5, 5.41) is 4.17. The lowest BCUT2D eigenvalue weighted by atomic mass is 10.1. The highest BCUT2D eigenvalue weighted by Gasteiger charge is 2.29. The van der Waals surface area contributed by atoms with Gasteiger partial charge in [0.1, 0.15) is 6.04 Å². The largest absolute Gasteiger partial charge is 0.404 e. The lowest BCUT2D eigenvalue weighted by molar-refractivity contribution is -0.1000. The molecule has 3 aromatic rings. The standard InChI is InChI=1S/C20H17NOS/c1-3-8-16(9-4-1)15-21-18(20-12-7-13-23-20)14-19(22-21)17-10-5-2-6-11-17/h1-14,18H,15H2. The minimum absolute atomic E-state index is 0.158. The molecule has 0 radical (unpaired) electrons. The predicted octanol–water partition coefficient (Wildman–Crippen LogP) is 5.28. The average Bonchev–Trinajstić information content (AvgIpc) is 3.26. The van der Waals surface area contributed by atoms with Crippen LogP contribution in [-0.4, -0.2) is 5.06 Å². The van der Waals surface area contributed by atoms with Gasteiger partial charge >= 0.3 is 0 Å². The molecule has 0 spiro atoms. The smallest absolute Gasteiger partial charge is 0.152 e. The Morgan fingerprint density at radius 3 is 2.30 bits per heavy atom. The Bertz CT molecular complexity index is 781. The number of thiophene rings is 1. The lowest BCUT2D eigenvalue weighted by Crippen LogP contribution is -2.21. The SMILES string of the molecule is C1=C(c2ccccc2)ON(Cc2ccccc2)C1c1cccs1. The van der Waals surface area contributed by atoms with E-state index in [1.165, 1.54) is 10.4 Å². The summed E-state index contributed by atoms with van der Waals surface area (Å²) in [6, 6.07) is 25.1. The van der Waals surface area contributed by atoms with Gasteiger partial charge in [0, 0.05) is 10.4 Å². The van der Waals surface area contributed by atoms with Gasteiger partial charge in [-0.15, -0.1) is 16.4 Å². The second-order valence-electron chi connectivity index (χ2n) is 5.51. The van der Waals surface area contributed by atoms with Gasteiger partial charge in [-0.1, -0.05) is 66.7 Å². The Balaban J connectivity index is 1.64. The van der Waals surface area contributed by atoms with E-state index in [9.17, 15) is 0 Å². The zero-order chi connectivity index (χ0) is 15.5. The molecular formula is C20H17NOS. The van der Waals surface area contributed by atoms with Crippen molar-refractivity contribution >= 4 is 17.1 Å². The van der Waals surface area contributed by atoms with E-state index in [1.54, 1.807) is 11.3 Å². The molecule has 0 saturated heterocycles.